The van der Waals surface area contributed by atoms with Gasteiger partial charge in [0.2, 0.25) is 11.2 Å². The Bertz CT molecular complexity index is 1490. The summed E-state index contributed by atoms with van der Waals surface area (Å²) in [5, 5.41) is 65.8. The van der Waals surface area contributed by atoms with E-state index in [4.69, 9.17) is 23.7 Å². The van der Waals surface area contributed by atoms with Crippen molar-refractivity contribution in [2.45, 2.75) is 261 Å². The van der Waals surface area contributed by atoms with Crippen LogP contribution in [0.2, 0.25) is 0 Å². The molecule has 0 radical (unpaired) electrons. The van der Waals surface area contributed by atoms with Crippen LogP contribution in [0.4, 0.5) is 4.79 Å². The summed E-state index contributed by atoms with van der Waals surface area (Å²) in [6.07, 6.45) is 23.5. The Morgan fingerprint density at radius 1 is 0.605 bits per heavy atom. The van der Waals surface area contributed by atoms with Crippen LogP contribution in [-0.2, 0) is 37.5 Å². The third-order valence-corrected chi connectivity index (χ3v) is 14.3. The molecule has 0 bridgehead atoms. The van der Waals surface area contributed by atoms with Crippen LogP contribution in [0.1, 0.15) is 200 Å². The number of nitrogens with one attached hydrogen (secondary N) is 1. The van der Waals surface area contributed by atoms with E-state index >= 15 is 0 Å². The van der Waals surface area contributed by atoms with Crippen LogP contribution < -0.4 is 5.32 Å². The third-order valence-electron chi connectivity index (χ3n) is 13.9. The van der Waals surface area contributed by atoms with Crippen molar-refractivity contribution in [3.8, 4) is 0 Å². The molecule has 10 N–H and O–H groups in total. The maximum absolute atomic E-state index is 13.1. The number of carbonyl (C=O) groups is 3. The van der Waals surface area contributed by atoms with Crippen molar-refractivity contribution in [3.63, 3.8) is 0 Å². The van der Waals surface area contributed by atoms with E-state index in [2.05, 4.69) is 47.7 Å². The topological polar surface area (TPSA) is 304 Å². The summed E-state index contributed by atoms with van der Waals surface area (Å²) in [7, 11) is 0. The smallest absolute Gasteiger partial charge is 0.407 e. The van der Waals surface area contributed by atoms with Crippen LogP contribution in [0, 0.1) is 0 Å². The standard InChI is InChI=1S/C55H102N2O18S/c1-3-5-7-9-11-13-15-17-19-21-23-25-27-29-31-34-47(61)70-41-43(42-71-48(62)35-32-30-28-26-24-22-20-18-16-14-12-10-8-6-4-2)72-55(66)56-36-33-37-57-38-45(60)49(63)52(44(57)39-58)74-54-51(65)53(75-76(67,68)69)50(64)46(40-59)73-54/h17-20,43-46,49-54,58-60,63-65,67-69H,3-16,21-42H2,1-2H3,(H,56,66)/b19-17-,20-18-/t44-,45+,46-,49-,50+,51-,52-,53+,54+/m1/s1. The number of alkyl carbamates (subject to hydrolysis) is 1. The van der Waals surface area contributed by atoms with Gasteiger partial charge in [-0.05, 0) is 70.6 Å². The third kappa shape index (κ3) is 31.9. The first-order valence-electron chi connectivity index (χ1n) is 28.9. The van der Waals surface area contributed by atoms with Gasteiger partial charge < -0.3 is 59.6 Å². The number of aliphatic hydroxyl groups is 6. The predicted octanol–water partition coefficient (Wildman–Crippen LogP) is 8.38. The minimum atomic E-state index is -4.71. The number of unbranched alkanes of at least 4 members (excludes halogenated alkanes) is 22. The van der Waals surface area contributed by atoms with E-state index in [0.29, 0.717) is 12.8 Å². The summed E-state index contributed by atoms with van der Waals surface area (Å²) in [6, 6.07) is -1.04. The molecule has 0 aromatic carbocycles. The van der Waals surface area contributed by atoms with Gasteiger partial charge in [-0.25, -0.2) is 4.79 Å². The van der Waals surface area contributed by atoms with Crippen molar-refractivity contribution in [2.75, 3.05) is 46.1 Å². The Morgan fingerprint density at radius 2 is 1.07 bits per heavy atom. The number of ether oxygens (including phenoxy) is 5. The second-order valence-corrected chi connectivity index (χ2v) is 21.6. The molecule has 0 saturated carbocycles. The maximum atomic E-state index is 13.1. The molecule has 0 unspecified atom stereocenters. The molecule has 76 heavy (non-hydrogen) atoms. The normalized spacial score (nSPS) is 23.7. The molecule has 2 rings (SSSR count). The number of piperidine rings is 1. The molecular weight excluding hydrogens is 1010 g/mol. The lowest BCUT2D eigenvalue weighted by atomic mass is 9.93. The average Bonchev–Trinajstić information content (AvgIpc) is 3.39. The fraction of sp³-hybridized carbons (Fsp3) is 0.873. The highest BCUT2D eigenvalue weighted by molar-refractivity contribution is 8.15. The summed E-state index contributed by atoms with van der Waals surface area (Å²) < 4.78 is 60.7. The Labute approximate surface area is 456 Å². The molecule has 0 aromatic rings. The number of rotatable bonds is 45. The van der Waals surface area contributed by atoms with Gasteiger partial charge in [0.05, 0.1) is 25.4 Å². The number of nitrogens with zero attached hydrogens (tertiary/aromatic N) is 1. The number of β-amino-alcohol motifs (C(OH)–C–C–N with tert-alkyl or cyclic N) is 1. The molecular formula is C55H102N2O18S. The Balaban J connectivity index is 1.86. The summed E-state index contributed by atoms with van der Waals surface area (Å²) in [6.45, 7) is 2.31. The van der Waals surface area contributed by atoms with Gasteiger partial charge >= 0.3 is 18.0 Å². The van der Waals surface area contributed by atoms with Crippen molar-refractivity contribution in [2.24, 2.45) is 0 Å². The van der Waals surface area contributed by atoms with Crippen molar-refractivity contribution < 1.29 is 86.5 Å². The Morgan fingerprint density at radius 3 is 1.51 bits per heavy atom. The molecule has 2 aliphatic heterocycles. The summed E-state index contributed by atoms with van der Waals surface area (Å²) in [4.78, 5) is 40.1. The molecule has 21 heteroatoms. The number of esters is 2. The molecule has 446 valence electrons. The van der Waals surface area contributed by atoms with E-state index in [1.807, 2.05) is 0 Å². The molecule has 2 saturated heterocycles. The van der Waals surface area contributed by atoms with Crippen LogP contribution in [0.3, 0.4) is 0 Å². The number of amides is 1. The fourth-order valence-electron chi connectivity index (χ4n) is 9.35. The second-order valence-electron chi connectivity index (χ2n) is 20.5. The molecule has 1 amide bonds. The van der Waals surface area contributed by atoms with Crippen molar-refractivity contribution in [1.82, 2.24) is 10.2 Å². The van der Waals surface area contributed by atoms with E-state index in [-0.39, 0.29) is 52.1 Å². The van der Waals surface area contributed by atoms with Crippen LogP contribution in [0.25, 0.3) is 0 Å². The van der Waals surface area contributed by atoms with Gasteiger partial charge in [0.25, 0.3) is 0 Å². The van der Waals surface area contributed by atoms with Crippen LogP contribution in [-0.4, -0.2) is 174 Å². The highest BCUT2D eigenvalue weighted by Gasteiger charge is 2.51. The van der Waals surface area contributed by atoms with Crippen LogP contribution >= 0.6 is 11.2 Å². The Kier molecular flexibility index (Phi) is 39.7. The fourth-order valence-corrected chi connectivity index (χ4v) is 9.87. The average molecular weight is 1110 g/mol. The molecule has 9 atom stereocenters. The number of carbonyl (C=O) groups excluding carboxylic acids is 3. The highest BCUT2D eigenvalue weighted by atomic mass is 32.3. The van der Waals surface area contributed by atoms with Gasteiger partial charge in [0.15, 0.2) is 12.4 Å². The minimum Gasteiger partial charge on any atom is -0.462 e. The zero-order valence-electron chi connectivity index (χ0n) is 46.1. The number of likely N-dealkylation sites (tertiary alicyclic amines) is 1. The SMILES string of the molecule is CCCCCCCC/C=C\CCCCCCCC(=O)OCC(COC(=O)CCCCCCC/C=C\CCCCCCCC)OC(=O)NCCCN1C[C@H](O)[C@@H](O)[C@H](O[C@@H]2O[C@H](CO)[C@H](O)[C@H](OS(O)(O)O)[C@H]2O)[C@H]1CO. The zero-order valence-corrected chi connectivity index (χ0v) is 46.9. The first-order valence-corrected chi connectivity index (χ1v) is 30.3. The first kappa shape index (κ1) is 69.6. The van der Waals surface area contributed by atoms with E-state index in [1.165, 1.54) is 77.0 Å². The van der Waals surface area contributed by atoms with Crippen LogP contribution in [0.15, 0.2) is 24.3 Å². The van der Waals surface area contributed by atoms with E-state index in [0.717, 1.165) is 77.0 Å². The summed E-state index contributed by atoms with van der Waals surface area (Å²) in [5.74, 6) is -0.902. The molecule has 0 aliphatic carbocycles. The van der Waals surface area contributed by atoms with Crippen LogP contribution in [0.5, 0.6) is 0 Å². The number of hydrogen-bond donors (Lipinski definition) is 10. The predicted molar refractivity (Wildman–Crippen MR) is 291 cm³/mol. The van der Waals surface area contributed by atoms with Gasteiger partial charge in [-0.2, -0.15) is 0 Å². The monoisotopic (exact) mass is 1110 g/mol. The number of allylic oxidation sites excluding steroid dienone is 4. The van der Waals surface area contributed by atoms with Gasteiger partial charge in [-0.3, -0.25) is 32.3 Å². The molecule has 0 aromatic heterocycles. The summed E-state index contributed by atoms with van der Waals surface area (Å²) in [5.41, 5.74) is 0. The van der Waals surface area contributed by atoms with Crippen molar-refractivity contribution in [1.29, 1.82) is 0 Å². The van der Waals surface area contributed by atoms with Gasteiger partial charge in [-0.1, -0.05) is 141 Å². The number of aliphatic hydroxyl groups excluding tert-OH is 6. The van der Waals surface area contributed by atoms with E-state index in [9.17, 15) is 58.7 Å². The molecule has 2 aliphatic rings. The first-order chi connectivity index (χ1) is 36.6. The summed E-state index contributed by atoms with van der Waals surface area (Å²) >= 11 is -4.71. The van der Waals surface area contributed by atoms with E-state index < -0.39 is 104 Å². The zero-order chi connectivity index (χ0) is 55.8. The second kappa shape index (κ2) is 43.3. The van der Waals surface area contributed by atoms with Gasteiger partial charge in [0, 0.05) is 32.5 Å². The Hall–Kier alpha value is -2.48. The quantitative estimate of drug-likeness (QED) is 0.0118. The largest absolute Gasteiger partial charge is 0.462 e. The molecule has 20 nitrogen and oxygen atoms in total. The lowest BCUT2D eigenvalue weighted by Gasteiger charge is -2.48. The highest BCUT2D eigenvalue weighted by Crippen LogP contribution is 2.40. The lowest BCUT2D eigenvalue weighted by Crippen LogP contribution is -2.67. The minimum absolute atomic E-state index is 0.0159. The van der Waals surface area contributed by atoms with Crippen molar-refractivity contribution >= 4 is 29.2 Å². The lowest BCUT2D eigenvalue weighted by molar-refractivity contribution is -0.326. The molecule has 0 spiro atoms. The number of hydrogen-bond acceptors (Lipinski definition) is 19. The molecule has 2 heterocycles. The van der Waals surface area contributed by atoms with E-state index in [1.54, 1.807) is 4.90 Å². The van der Waals surface area contributed by atoms with Gasteiger partial charge in [0.1, 0.15) is 49.8 Å². The maximum Gasteiger partial charge on any atom is 0.407 e. The van der Waals surface area contributed by atoms with Gasteiger partial charge in [-0.15, -0.1) is 0 Å². The molecule has 2 fully saturated rings. The van der Waals surface area contributed by atoms with Crippen molar-refractivity contribution in [3.05, 3.63) is 24.3 Å².